The molecule has 0 unspecified atom stereocenters. The van der Waals surface area contributed by atoms with E-state index >= 15 is 0 Å². The highest BCUT2D eigenvalue weighted by Crippen LogP contribution is 2.38. The van der Waals surface area contributed by atoms with Crippen molar-refractivity contribution in [2.24, 2.45) is 0 Å². The molecule has 1 heterocycles. The van der Waals surface area contributed by atoms with Gasteiger partial charge in [-0.05, 0) is 61.9 Å². The Kier molecular flexibility index (Phi) is 7.17. The Morgan fingerprint density at radius 2 is 1.62 bits per heavy atom. The Bertz CT molecular complexity index is 1610. The van der Waals surface area contributed by atoms with E-state index in [-0.39, 0.29) is 33.9 Å². The molecule has 8 nitrogen and oxygen atoms in total. The number of urea groups is 1. The quantitative estimate of drug-likeness (QED) is 0.291. The van der Waals surface area contributed by atoms with Gasteiger partial charge in [0.25, 0.3) is 5.91 Å². The first kappa shape index (κ1) is 28.3. The first-order valence-electron chi connectivity index (χ1n) is 11.6. The molecule has 1 saturated heterocycles. The van der Waals surface area contributed by atoms with Crippen LogP contribution in [-0.2, 0) is 17.5 Å². The fourth-order valence-electron chi connectivity index (χ4n) is 4.32. The van der Waals surface area contributed by atoms with Crippen molar-refractivity contribution in [3.8, 4) is 6.07 Å². The van der Waals surface area contributed by atoms with E-state index in [0.717, 1.165) is 17.0 Å². The largest absolute Gasteiger partial charge is 0.478 e. The molecule has 3 aromatic carbocycles. The van der Waals surface area contributed by atoms with Crippen molar-refractivity contribution in [1.82, 2.24) is 4.90 Å². The lowest BCUT2D eigenvalue weighted by Crippen LogP contribution is -2.43. The van der Waals surface area contributed by atoms with E-state index in [1.165, 1.54) is 62.4 Å². The highest BCUT2D eigenvalue weighted by atomic mass is 35.5. The fourth-order valence-corrected chi connectivity index (χ4v) is 4.49. The lowest BCUT2D eigenvalue weighted by molar-refractivity contribution is -0.137. The van der Waals surface area contributed by atoms with Gasteiger partial charge in [-0.25, -0.2) is 14.5 Å². The molecule has 0 aromatic heterocycles. The summed E-state index contributed by atoms with van der Waals surface area (Å²) in [5, 5.41) is 18.4. The van der Waals surface area contributed by atoms with Gasteiger partial charge in [-0.1, -0.05) is 29.8 Å². The number of aromatic carboxylic acids is 1. The maximum Gasteiger partial charge on any atom is 0.417 e. The third kappa shape index (κ3) is 5.01. The first-order valence-corrected chi connectivity index (χ1v) is 12.0. The number of nitrogens with zero attached hydrogens (tertiary/aromatic N) is 3. The van der Waals surface area contributed by atoms with E-state index in [9.17, 15) is 32.3 Å². The van der Waals surface area contributed by atoms with Crippen LogP contribution in [0.15, 0.2) is 60.7 Å². The lowest BCUT2D eigenvalue weighted by atomic mass is 9.96. The van der Waals surface area contributed by atoms with Crippen LogP contribution in [0.1, 0.15) is 56.8 Å². The monoisotopic (exact) mass is 569 g/mol. The number of alkyl halides is 3. The van der Waals surface area contributed by atoms with Crippen molar-refractivity contribution in [2.75, 3.05) is 4.90 Å². The molecule has 12 heteroatoms. The first-order chi connectivity index (χ1) is 18.7. The van der Waals surface area contributed by atoms with Crippen LogP contribution in [0.3, 0.4) is 0 Å². The highest BCUT2D eigenvalue weighted by molar-refractivity contribution is 6.31. The second-order valence-corrected chi connectivity index (χ2v) is 9.86. The van der Waals surface area contributed by atoms with E-state index < -0.39 is 46.5 Å². The van der Waals surface area contributed by atoms with Crippen LogP contribution in [0.2, 0.25) is 5.02 Å². The molecular formula is C28H19ClF3N3O5. The molecule has 0 aliphatic carbocycles. The molecule has 1 N–H and O–H groups in total. The van der Waals surface area contributed by atoms with Crippen LogP contribution in [-0.4, -0.2) is 39.2 Å². The van der Waals surface area contributed by atoms with Gasteiger partial charge in [0.2, 0.25) is 0 Å². The van der Waals surface area contributed by atoms with Crippen molar-refractivity contribution in [1.29, 1.82) is 5.26 Å². The molecule has 204 valence electrons. The molecule has 4 rings (SSSR count). The summed E-state index contributed by atoms with van der Waals surface area (Å²) in [7, 11) is 0. The summed E-state index contributed by atoms with van der Waals surface area (Å²) in [6.45, 7) is 2.56. The van der Waals surface area contributed by atoms with Gasteiger partial charge in [0.05, 0.1) is 28.4 Å². The van der Waals surface area contributed by atoms with Gasteiger partial charge in [-0.2, -0.15) is 18.4 Å². The topological polar surface area (TPSA) is 119 Å². The van der Waals surface area contributed by atoms with Crippen LogP contribution < -0.4 is 4.90 Å². The molecule has 1 aliphatic heterocycles. The predicted molar refractivity (Wildman–Crippen MR) is 137 cm³/mol. The number of nitriles is 1. The number of carbonyl (C=O) groups excluding carboxylic acids is 3. The molecule has 3 aromatic rings. The maximum atomic E-state index is 13.5. The molecule has 3 amide bonds. The van der Waals surface area contributed by atoms with Gasteiger partial charge in [-0.15, -0.1) is 0 Å². The number of hydrogen-bond donors (Lipinski definition) is 1. The standard InChI is InChI=1S/C28H19ClF3N3O5/c1-27(2)25(39)35(20-10-8-17(13-33)22(12-20)28(30,31)32)26(40)34(27)14-18-7-9-19(29)11-21(18)23(36)15-3-5-16(6-4-15)24(37)38/h3-12H,14H2,1-2H3,(H,37,38). The van der Waals surface area contributed by atoms with Crippen LogP contribution in [0, 0.1) is 11.3 Å². The summed E-state index contributed by atoms with van der Waals surface area (Å²) in [5.41, 5.74) is -3.32. The molecule has 40 heavy (non-hydrogen) atoms. The number of halogens is 4. The summed E-state index contributed by atoms with van der Waals surface area (Å²) in [6.07, 6.45) is -4.90. The summed E-state index contributed by atoms with van der Waals surface area (Å²) in [5.74, 6) is -2.50. The predicted octanol–water partition coefficient (Wildman–Crippen LogP) is 5.91. The number of benzene rings is 3. The molecule has 0 saturated carbocycles. The van der Waals surface area contributed by atoms with Gasteiger partial charge in [0.15, 0.2) is 5.78 Å². The number of ketones is 1. The number of rotatable bonds is 6. The Balaban J connectivity index is 1.72. The third-order valence-corrected chi connectivity index (χ3v) is 6.78. The molecule has 1 aliphatic rings. The number of anilines is 1. The Labute approximate surface area is 230 Å². The minimum Gasteiger partial charge on any atom is -0.478 e. The molecular weight excluding hydrogens is 551 g/mol. The van der Waals surface area contributed by atoms with Gasteiger partial charge >= 0.3 is 18.2 Å². The highest BCUT2D eigenvalue weighted by Gasteiger charge is 2.52. The van der Waals surface area contributed by atoms with E-state index in [1.807, 2.05) is 0 Å². The zero-order chi connectivity index (χ0) is 29.6. The minimum absolute atomic E-state index is 0.0256. The normalized spacial score (nSPS) is 14.8. The van der Waals surface area contributed by atoms with E-state index in [0.29, 0.717) is 16.5 Å². The Morgan fingerprint density at radius 1 is 1.00 bits per heavy atom. The summed E-state index contributed by atoms with van der Waals surface area (Å²) in [6, 6.07) is 12.6. The van der Waals surface area contributed by atoms with Crippen LogP contribution in [0.25, 0.3) is 0 Å². The Morgan fingerprint density at radius 3 is 2.20 bits per heavy atom. The zero-order valence-electron chi connectivity index (χ0n) is 20.9. The molecule has 0 atom stereocenters. The second kappa shape index (κ2) is 10.1. The lowest BCUT2D eigenvalue weighted by Gasteiger charge is -2.28. The Hall–Kier alpha value is -4.69. The van der Waals surface area contributed by atoms with Crippen molar-refractivity contribution >= 4 is 41.0 Å². The summed E-state index contributed by atoms with van der Waals surface area (Å²) >= 11 is 6.13. The average Bonchev–Trinajstić information content (AvgIpc) is 3.07. The second-order valence-electron chi connectivity index (χ2n) is 9.42. The van der Waals surface area contributed by atoms with Crippen LogP contribution in [0.4, 0.5) is 23.7 Å². The smallest absolute Gasteiger partial charge is 0.417 e. The number of carboxylic acids is 1. The van der Waals surface area contributed by atoms with Gasteiger partial charge in [0, 0.05) is 22.7 Å². The van der Waals surface area contributed by atoms with Gasteiger partial charge in [0.1, 0.15) is 5.54 Å². The van der Waals surface area contributed by atoms with Crippen molar-refractivity contribution in [3.05, 3.63) is 99.1 Å². The summed E-state index contributed by atoms with van der Waals surface area (Å²) < 4.78 is 40.6. The van der Waals surface area contributed by atoms with Crippen molar-refractivity contribution < 1.29 is 37.5 Å². The van der Waals surface area contributed by atoms with Crippen molar-refractivity contribution in [3.63, 3.8) is 0 Å². The number of imide groups is 1. The SMILES string of the molecule is CC1(C)C(=O)N(c2ccc(C#N)c(C(F)(F)F)c2)C(=O)N1Cc1ccc(Cl)cc1C(=O)c1ccc(C(=O)O)cc1. The van der Waals surface area contributed by atoms with E-state index in [1.54, 1.807) is 0 Å². The fraction of sp³-hybridized carbons (Fsp3) is 0.179. The number of carbonyl (C=O) groups is 4. The molecule has 0 spiro atoms. The number of carboxylic acid groups (broad SMARTS) is 1. The zero-order valence-corrected chi connectivity index (χ0v) is 21.7. The average molecular weight is 570 g/mol. The molecule has 0 bridgehead atoms. The van der Waals surface area contributed by atoms with Crippen LogP contribution >= 0.6 is 11.6 Å². The van der Waals surface area contributed by atoms with Crippen molar-refractivity contribution in [2.45, 2.75) is 32.1 Å². The van der Waals surface area contributed by atoms with Gasteiger partial charge in [-0.3, -0.25) is 9.59 Å². The number of hydrogen-bond acceptors (Lipinski definition) is 5. The summed E-state index contributed by atoms with van der Waals surface area (Å²) in [4.78, 5) is 53.0. The van der Waals surface area contributed by atoms with E-state index in [4.69, 9.17) is 22.0 Å². The molecule has 0 radical (unpaired) electrons. The maximum absolute atomic E-state index is 13.5. The van der Waals surface area contributed by atoms with Crippen LogP contribution in [0.5, 0.6) is 0 Å². The minimum atomic E-state index is -4.90. The van der Waals surface area contributed by atoms with E-state index in [2.05, 4.69) is 0 Å². The third-order valence-electron chi connectivity index (χ3n) is 6.55. The molecule has 1 fully saturated rings. The van der Waals surface area contributed by atoms with Gasteiger partial charge < -0.3 is 10.0 Å². The number of amides is 3.